The molecule has 0 radical (unpaired) electrons. The highest BCUT2D eigenvalue weighted by molar-refractivity contribution is 4.93. The van der Waals surface area contributed by atoms with Crippen LogP contribution in [0.4, 0.5) is 0 Å². The Morgan fingerprint density at radius 2 is 2.00 bits per heavy atom. The molecular weight excluding hydrogens is 172 g/mol. The molecule has 2 fully saturated rings. The van der Waals surface area contributed by atoms with Gasteiger partial charge in [-0.3, -0.25) is 4.90 Å². The van der Waals surface area contributed by atoms with Crippen LogP contribution in [-0.4, -0.2) is 30.6 Å². The van der Waals surface area contributed by atoms with Crippen molar-refractivity contribution in [1.29, 1.82) is 0 Å². The van der Waals surface area contributed by atoms with Crippen LogP contribution in [-0.2, 0) is 0 Å². The fourth-order valence-corrected chi connectivity index (χ4v) is 3.09. The third kappa shape index (κ3) is 2.18. The molecule has 2 aliphatic rings. The maximum atomic E-state index is 5.45. The molecule has 1 saturated heterocycles. The van der Waals surface area contributed by atoms with Gasteiger partial charge in [0.25, 0.3) is 0 Å². The van der Waals surface area contributed by atoms with Crippen molar-refractivity contribution in [3.63, 3.8) is 0 Å². The lowest BCUT2D eigenvalue weighted by molar-refractivity contribution is 0.127. The Labute approximate surface area is 87.2 Å². The quantitative estimate of drug-likeness (QED) is 0.694. The van der Waals surface area contributed by atoms with Crippen LogP contribution in [0.15, 0.2) is 12.2 Å². The zero-order chi connectivity index (χ0) is 9.80. The molecule has 0 amide bonds. The molecule has 14 heavy (non-hydrogen) atoms. The van der Waals surface area contributed by atoms with Gasteiger partial charge in [-0.05, 0) is 38.1 Å². The zero-order valence-electron chi connectivity index (χ0n) is 8.99. The van der Waals surface area contributed by atoms with Crippen molar-refractivity contribution in [3.8, 4) is 0 Å². The van der Waals surface area contributed by atoms with Gasteiger partial charge < -0.3 is 5.73 Å². The first-order valence-corrected chi connectivity index (χ1v) is 6.01. The molecule has 0 aromatic rings. The molecule has 80 valence electrons. The van der Waals surface area contributed by atoms with Gasteiger partial charge in [-0.25, -0.2) is 0 Å². The van der Waals surface area contributed by atoms with Crippen LogP contribution in [0.3, 0.4) is 0 Å². The van der Waals surface area contributed by atoms with Crippen molar-refractivity contribution >= 4 is 0 Å². The first kappa shape index (κ1) is 10.2. The Morgan fingerprint density at radius 1 is 1.14 bits per heavy atom. The third-order valence-corrected chi connectivity index (χ3v) is 3.75. The summed E-state index contributed by atoms with van der Waals surface area (Å²) in [7, 11) is 0. The topological polar surface area (TPSA) is 29.3 Å². The lowest BCUT2D eigenvalue weighted by Crippen LogP contribution is -2.42. The molecule has 0 aromatic carbocycles. The average molecular weight is 194 g/mol. The van der Waals surface area contributed by atoms with Gasteiger partial charge in [0.15, 0.2) is 0 Å². The summed E-state index contributed by atoms with van der Waals surface area (Å²) in [6.45, 7) is 3.11. The molecular formula is C12H22N2. The van der Waals surface area contributed by atoms with Crippen molar-refractivity contribution in [2.45, 2.75) is 38.1 Å². The SMILES string of the molecule is NCC=CCN1CCCC2CCCC21. The Morgan fingerprint density at radius 3 is 2.86 bits per heavy atom. The van der Waals surface area contributed by atoms with E-state index < -0.39 is 0 Å². The Kier molecular flexibility index (Phi) is 3.60. The second kappa shape index (κ2) is 4.94. The second-order valence-corrected chi connectivity index (χ2v) is 4.60. The molecule has 2 heteroatoms. The van der Waals surface area contributed by atoms with Gasteiger partial charge in [0.2, 0.25) is 0 Å². The molecule has 2 unspecified atom stereocenters. The molecule has 2 N–H and O–H groups in total. The van der Waals surface area contributed by atoms with E-state index in [-0.39, 0.29) is 0 Å². The molecule has 2 nitrogen and oxygen atoms in total. The van der Waals surface area contributed by atoms with Gasteiger partial charge in [-0.2, -0.15) is 0 Å². The molecule has 0 spiro atoms. The number of hydrogen-bond acceptors (Lipinski definition) is 2. The van der Waals surface area contributed by atoms with Gasteiger partial charge in [0.1, 0.15) is 0 Å². The highest BCUT2D eigenvalue weighted by Crippen LogP contribution is 2.36. The number of hydrogen-bond donors (Lipinski definition) is 1. The first-order valence-electron chi connectivity index (χ1n) is 6.01. The van der Waals surface area contributed by atoms with Crippen LogP contribution < -0.4 is 5.73 Å². The summed E-state index contributed by atoms with van der Waals surface area (Å²) in [5, 5.41) is 0. The number of nitrogens with zero attached hydrogens (tertiary/aromatic N) is 1. The molecule has 1 saturated carbocycles. The predicted octanol–water partition coefficient (Wildman–Crippen LogP) is 1.77. The number of piperidine rings is 1. The average Bonchev–Trinajstić information content (AvgIpc) is 2.67. The summed E-state index contributed by atoms with van der Waals surface area (Å²) in [5.74, 6) is 1.01. The summed E-state index contributed by atoms with van der Waals surface area (Å²) in [4.78, 5) is 2.66. The Balaban J connectivity index is 1.87. The summed E-state index contributed by atoms with van der Waals surface area (Å²) < 4.78 is 0. The van der Waals surface area contributed by atoms with Crippen molar-refractivity contribution in [3.05, 3.63) is 12.2 Å². The summed E-state index contributed by atoms with van der Waals surface area (Å²) in [6.07, 6.45) is 11.5. The van der Waals surface area contributed by atoms with Crippen LogP contribution in [0.25, 0.3) is 0 Å². The number of rotatable bonds is 3. The molecule has 1 aliphatic carbocycles. The fourth-order valence-electron chi connectivity index (χ4n) is 3.09. The number of likely N-dealkylation sites (tertiary alicyclic amines) is 1. The molecule has 1 heterocycles. The Hall–Kier alpha value is -0.340. The molecule has 2 atom stereocenters. The van der Waals surface area contributed by atoms with E-state index in [9.17, 15) is 0 Å². The number of nitrogens with two attached hydrogens (primary N) is 1. The van der Waals surface area contributed by atoms with E-state index in [2.05, 4.69) is 17.1 Å². The standard InChI is InChI=1S/C12H22N2/c13-8-1-2-9-14-10-4-6-11-5-3-7-12(11)14/h1-2,11-12H,3-10,13H2. The smallest absolute Gasteiger partial charge is 0.0166 e. The van der Waals surface area contributed by atoms with Gasteiger partial charge in [-0.1, -0.05) is 18.6 Å². The molecule has 0 aromatic heterocycles. The van der Waals surface area contributed by atoms with Gasteiger partial charge >= 0.3 is 0 Å². The van der Waals surface area contributed by atoms with E-state index in [4.69, 9.17) is 5.73 Å². The highest BCUT2D eigenvalue weighted by Gasteiger charge is 2.33. The number of fused-ring (bicyclic) bond motifs is 1. The van der Waals surface area contributed by atoms with Crippen molar-refractivity contribution in [2.75, 3.05) is 19.6 Å². The minimum Gasteiger partial charge on any atom is -0.327 e. The lowest BCUT2D eigenvalue weighted by atomic mass is 9.92. The van der Waals surface area contributed by atoms with Crippen molar-refractivity contribution in [2.24, 2.45) is 11.7 Å². The minimum atomic E-state index is 0.682. The largest absolute Gasteiger partial charge is 0.327 e. The van der Waals surface area contributed by atoms with Crippen molar-refractivity contribution < 1.29 is 0 Å². The van der Waals surface area contributed by atoms with Gasteiger partial charge in [0, 0.05) is 19.1 Å². The molecule has 0 bridgehead atoms. The van der Waals surface area contributed by atoms with E-state index >= 15 is 0 Å². The van der Waals surface area contributed by atoms with Crippen LogP contribution in [0.2, 0.25) is 0 Å². The second-order valence-electron chi connectivity index (χ2n) is 4.60. The summed E-state index contributed by atoms with van der Waals surface area (Å²) >= 11 is 0. The third-order valence-electron chi connectivity index (χ3n) is 3.75. The van der Waals surface area contributed by atoms with Gasteiger partial charge in [0.05, 0.1) is 0 Å². The van der Waals surface area contributed by atoms with Crippen LogP contribution >= 0.6 is 0 Å². The maximum Gasteiger partial charge on any atom is 0.0166 e. The van der Waals surface area contributed by atoms with Crippen LogP contribution in [0, 0.1) is 5.92 Å². The van der Waals surface area contributed by atoms with Crippen LogP contribution in [0.5, 0.6) is 0 Å². The zero-order valence-corrected chi connectivity index (χ0v) is 8.99. The van der Waals surface area contributed by atoms with E-state index in [1.54, 1.807) is 0 Å². The first-order chi connectivity index (χ1) is 6.92. The fraction of sp³-hybridized carbons (Fsp3) is 0.833. The van der Waals surface area contributed by atoms with Crippen LogP contribution in [0.1, 0.15) is 32.1 Å². The monoisotopic (exact) mass is 194 g/mol. The normalized spacial score (nSPS) is 33.8. The predicted molar refractivity (Wildman–Crippen MR) is 60.1 cm³/mol. The van der Waals surface area contributed by atoms with E-state index in [0.717, 1.165) is 18.5 Å². The summed E-state index contributed by atoms with van der Waals surface area (Å²) in [5.41, 5.74) is 5.45. The lowest BCUT2D eigenvalue weighted by Gasteiger charge is -2.37. The molecule has 1 aliphatic heterocycles. The Bertz CT molecular complexity index is 200. The summed E-state index contributed by atoms with van der Waals surface area (Å²) in [6, 6.07) is 0.895. The molecule has 2 rings (SSSR count). The van der Waals surface area contributed by atoms with E-state index in [0.29, 0.717) is 6.54 Å². The van der Waals surface area contributed by atoms with E-state index in [1.807, 2.05) is 0 Å². The van der Waals surface area contributed by atoms with Crippen molar-refractivity contribution in [1.82, 2.24) is 4.90 Å². The minimum absolute atomic E-state index is 0.682. The van der Waals surface area contributed by atoms with Gasteiger partial charge in [-0.15, -0.1) is 0 Å². The van der Waals surface area contributed by atoms with E-state index in [1.165, 1.54) is 38.6 Å². The maximum absolute atomic E-state index is 5.45. The highest BCUT2D eigenvalue weighted by atomic mass is 15.2.